The normalized spacial score (nSPS) is 10.5. The van der Waals surface area contributed by atoms with Gasteiger partial charge in [-0.15, -0.1) is 11.3 Å². The van der Waals surface area contributed by atoms with Crippen LogP contribution in [0.3, 0.4) is 0 Å². The number of aryl methyl sites for hydroxylation is 1. The highest BCUT2D eigenvalue weighted by atomic mass is 35.5. The molecule has 3 aromatic rings. The van der Waals surface area contributed by atoms with Crippen LogP contribution in [0.1, 0.15) is 5.69 Å². The summed E-state index contributed by atoms with van der Waals surface area (Å²) in [5, 5.41) is 3.54. The number of hydrogen-bond acceptors (Lipinski definition) is 6. The Labute approximate surface area is 124 Å². The summed E-state index contributed by atoms with van der Waals surface area (Å²) < 4.78 is 0. The molecule has 3 rings (SSSR count). The standard InChI is InChI=1S/C13H10ClN5S/c1-8-12(20-7-17-8)10-4-5-15-13(19-10)18-9-2-3-11(14)16-6-9/h2-7H,1H3,(H,15,18,19). The molecular formula is C13H10ClN5S. The molecule has 0 aliphatic carbocycles. The average molecular weight is 304 g/mol. The minimum absolute atomic E-state index is 0.450. The molecule has 0 saturated heterocycles. The SMILES string of the molecule is Cc1ncsc1-c1ccnc(Nc2ccc(Cl)nc2)n1. The number of anilines is 2. The number of hydrogen-bond donors (Lipinski definition) is 1. The van der Waals surface area contributed by atoms with Crippen molar-refractivity contribution in [1.82, 2.24) is 19.9 Å². The second-order valence-electron chi connectivity index (χ2n) is 4.03. The summed E-state index contributed by atoms with van der Waals surface area (Å²) in [6.45, 7) is 1.96. The molecule has 0 unspecified atom stereocenters. The van der Waals surface area contributed by atoms with Gasteiger partial charge in [0.25, 0.3) is 0 Å². The third kappa shape index (κ3) is 2.76. The first-order valence-electron chi connectivity index (χ1n) is 5.84. The molecular weight excluding hydrogens is 294 g/mol. The number of rotatable bonds is 3. The Morgan fingerprint density at radius 2 is 2.05 bits per heavy atom. The van der Waals surface area contributed by atoms with Crippen LogP contribution in [-0.4, -0.2) is 19.9 Å². The summed E-state index contributed by atoms with van der Waals surface area (Å²) in [4.78, 5) is 18.0. The summed E-state index contributed by atoms with van der Waals surface area (Å²) in [6.07, 6.45) is 3.35. The van der Waals surface area contributed by atoms with Crippen LogP contribution >= 0.6 is 22.9 Å². The molecule has 0 radical (unpaired) electrons. The van der Waals surface area contributed by atoms with Crippen LogP contribution in [0.15, 0.2) is 36.1 Å². The second-order valence-corrected chi connectivity index (χ2v) is 5.27. The lowest BCUT2D eigenvalue weighted by atomic mass is 10.3. The molecule has 5 nitrogen and oxygen atoms in total. The first-order valence-corrected chi connectivity index (χ1v) is 7.10. The number of nitrogens with zero attached hydrogens (tertiary/aromatic N) is 4. The van der Waals surface area contributed by atoms with Crippen molar-refractivity contribution in [3.05, 3.63) is 47.0 Å². The fourth-order valence-corrected chi connectivity index (χ4v) is 2.56. The van der Waals surface area contributed by atoms with Gasteiger partial charge in [-0.3, -0.25) is 0 Å². The van der Waals surface area contributed by atoms with Gasteiger partial charge >= 0.3 is 0 Å². The zero-order valence-electron chi connectivity index (χ0n) is 10.5. The van der Waals surface area contributed by atoms with E-state index in [1.54, 1.807) is 29.8 Å². The molecule has 0 saturated carbocycles. The predicted octanol–water partition coefficient (Wildman–Crippen LogP) is 3.70. The zero-order valence-corrected chi connectivity index (χ0v) is 12.1. The van der Waals surface area contributed by atoms with Crippen molar-refractivity contribution in [3.63, 3.8) is 0 Å². The monoisotopic (exact) mass is 303 g/mol. The van der Waals surface area contributed by atoms with E-state index < -0.39 is 0 Å². The van der Waals surface area contributed by atoms with E-state index in [-0.39, 0.29) is 0 Å². The Hall–Kier alpha value is -2.05. The predicted molar refractivity (Wildman–Crippen MR) is 80.4 cm³/mol. The third-order valence-electron chi connectivity index (χ3n) is 2.62. The molecule has 0 aliphatic heterocycles. The number of aromatic nitrogens is 4. The maximum Gasteiger partial charge on any atom is 0.227 e. The number of thiazole rings is 1. The molecule has 7 heteroatoms. The number of halogens is 1. The molecule has 3 heterocycles. The molecule has 20 heavy (non-hydrogen) atoms. The Morgan fingerprint density at radius 3 is 2.75 bits per heavy atom. The van der Waals surface area contributed by atoms with Crippen LogP contribution in [0.25, 0.3) is 10.6 Å². The zero-order chi connectivity index (χ0) is 13.9. The largest absolute Gasteiger partial charge is 0.323 e. The topological polar surface area (TPSA) is 63.6 Å². The third-order valence-corrected chi connectivity index (χ3v) is 3.79. The van der Waals surface area contributed by atoms with Gasteiger partial charge in [-0.05, 0) is 25.1 Å². The van der Waals surface area contributed by atoms with Gasteiger partial charge in [0.1, 0.15) is 5.15 Å². The lowest BCUT2D eigenvalue weighted by Gasteiger charge is -2.05. The van der Waals surface area contributed by atoms with Crippen LogP contribution in [0.5, 0.6) is 0 Å². The minimum atomic E-state index is 0.450. The van der Waals surface area contributed by atoms with Crippen molar-refractivity contribution in [2.75, 3.05) is 5.32 Å². The summed E-state index contributed by atoms with van der Waals surface area (Å²) >= 11 is 7.31. The van der Waals surface area contributed by atoms with Crippen LogP contribution in [0.4, 0.5) is 11.6 Å². The molecule has 100 valence electrons. The Morgan fingerprint density at radius 1 is 1.15 bits per heavy atom. The summed E-state index contributed by atoms with van der Waals surface area (Å²) in [5.74, 6) is 0.513. The molecule has 0 aliphatic rings. The smallest absolute Gasteiger partial charge is 0.227 e. The van der Waals surface area contributed by atoms with Crippen molar-refractivity contribution in [2.45, 2.75) is 6.92 Å². The quantitative estimate of drug-likeness (QED) is 0.747. The maximum absolute atomic E-state index is 5.75. The van der Waals surface area contributed by atoms with Gasteiger partial charge in [0.2, 0.25) is 5.95 Å². The van der Waals surface area contributed by atoms with Crippen molar-refractivity contribution in [3.8, 4) is 10.6 Å². The van der Waals surface area contributed by atoms with Crippen LogP contribution < -0.4 is 5.32 Å². The van der Waals surface area contributed by atoms with Crippen LogP contribution in [0.2, 0.25) is 5.15 Å². The van der Waals surface area contributed by atoms with Gasteiger partial charge < -0.3 is 5.32 Å². The van der Waals surface area contributed by atoms with E-state index in [0.717, 1.165) is 22.0 Å². The van der Waals surface area contributed by atoms with Crippen molar-refractivity contribution in [2.24, 2.45) is 0 Å². The Kier molecular flexibility index (Phi) is 3.58. The van der Waals surface area contributed by atoms with Crippen LogP contribution in [-0.2, 0) is 0 Å². The van der Waals surface area contributed by atoms with Crippen LogP contribution in [0, 0.1) is 6.92 Å². The van der Waals surface area contributed by atoms with Gasteiger partial charge in [-0.2, -0.15) is 0 Å². The highest BCUT2D eigenvalue weighted by Crippen LogP contribution is 2.26. The highest BCUT2D eigenvalue weighted by molar-refractivity contribution is 7.13. The summed E-state index contributed by atoms with van der Waals surface area (Å²) in [6, 6.07) is 5.40. The van der Waals surface area contributed by atoms with E-state index in [4.69, 9.17) is 11.6 Å². The Bertz CT molecular complexity index is 726. The molecule has 0 atom stereocenters. The minimum Gasteiger partial charge on any atom is -0.323 e. The Balaban J connectivity index is 1.88. The van der Waals surface area contributed by atoms with Gasteiger partial charge in [0.05, 0.1) is 33.7 Å². The molecule has 0 spiro atoms. The van der Waals surface area contributed by atoms with E-state index in [1.807, 2.05) is 24.6 Å². The molecule has 1 N–H and O–H groups in total. The summed E-state index contributed by atoms with van der Waals surface area (Å²) in [7, 11) is 0. The second kappa shape index (κ2) is 5.52. The molecule has 0 fully saturated rings. The first kappa shape index (κ1) is 13.0. The molecule has 3 aromatic heterocycles. The summed E-state index contributed by atoms with van der Waals surface area (Å²) in [5.41, 5.74) is 4.41. The molecule has 0 aromatic carbocycles. The maximum atomic E-state index is 5.75. The molecule has 0 amide bonds. The van der Waals surface area contributed by atoms with Crippen molar-refractivity contribution >= 4 is 34.6 Å². The van der Waals surface area contributed by atoms with Gasteiger partial charge in [0, 0.05) is 6.20 Å². The van der Waals surface area contributed by atoms with E-state index in [0.29, 0.717) is 11.1 Å². The van der Waals surface area contributed by atoms with E-state index in [1.165, 1.54) is 0 Å². The lowest BCUT2D eigenvalue weighted by Crippen LogP contribution is -1.98. The molecule has 0 bridgehead atoms. The van der Waals surface area contributed by atoms with Gasteiger partial charge in [-0.25, -0.2) is 19.9 Å². The van der Waals surface area contributed by atoms with E-state index in [9.17, 15) is 0 Å². The highest BCUT2D eigenvalue weighted by Gasteiger charge is 2.07. The van der Waals surface area contributed by atoms with E-state index >= 15 is 0 Å². The van der Waals surface area contributed by atoms with Crippen molar-refractivity contribution < 1.29 is 0 Å². The van der Waals surface area contributed by atoms with Crippen molar-refractivity contribution in [1.29, 1.82) is 0 Å². The van der Waals surface area contributed by atoms with Gasteiger partial charge in [-0.1, -0.05) is 11.6 Å². The first-order chi connectivity index (χ1) is 9.72. The fraction of sp³-hybridized carbons (Fsp3) is 0.0769. The van der Waals surface area contributed by atoms with Gasteiger partial charge in [0.15, 0.2) is 0 Å². The lowest BCUT2D eigenvalue weighted by molar-refractivity contribution is 1.16. The number of nitrogens with one attached hydrogen (secondary N) is 1. The number of pyridine rings is 1. The fourth-order valence-electron chi connectivity index (χ4n) is 1.67. The van der Waals surface area contributed by atoms with E-state index in [2.05, 4.69) is 25.3 Å². The average Bonchev–Trinajstić information content (AvgIpc) is 2.88.